The van der Waals surface area contributed by atoms with Crippen LogP contribution in [0.15, 0.2) is 29.1 Å². The molecule has 3 rings (SSSR count). The molecule has 0 saturated carbocycles. The summed E-state index contributed by atoms with van der Waals surface area (Å²) in [5, 5.41) is 4.02. The fourth-order valence-corrected chi connectivity index (χ4v) is 3.44. The molecule has 0 N–H and O–H groups in total. The molecule has 0 bridgehead atoms. The zero-order valence-corrected chi connectivity index (χ0v) is 12.1. The van der Waals surface area contributed by atoms with E-state index in [1.54, 1.807) is 11.3 Å². The lowest BCUT2D eigenvalue weighted by Crippen LogP contribution is -2.21. The van der Waals surface area contributed by atoms with Crippen LogP contribution in [-0.2, 0) is 6.42 Å². The van der Waals surface area contributed by atoms with E-state index in [0.29, 0.717) is 5.69 Å². The van der Waals surface area contributed by atoms with E-state index in [9.17, 15) is 4.79 Å². The van der Waals surface area contributed by atoms with Crippen LogP contribution in [0, 0.1) is 0 Å². The lowest BCUT2D eigenvalue weighted by molar-refractivity contribution is 0.111. The van der Waals surface area contributed by atoms with Gasteiger partial charge in [-0.1, -0.05) is 6.07 Å². The summed E-state index contributed by atoms with van der Waals surface area (Å²) in [6, 6.07) is 4.19. The van der Waals surface area contributed by atoms with Gasteiger partial charge in [0.25, 0.3) is 0 Å². The summed E-state index contributed by atoms with van der Waals surface area (Å²) in [7, 11) is 1.98. The number of anilines is 1. The molecule has 0 aliphatic rings. The maximum Gasteiger partial charge on any atom is 0.196 e. The summed E-state index contributed by atoms with van der Waals surface area (Å²) in [6.45, 7) is 0.853. The minimum atomic E-state index is 0.630. The van der Waals surface area contributed by atoms with Gasteiger partial charge in [0, 0.05) is 30.0 Å². The average molecular weight is 291 g/mol. The van der Waals surface area contributed by atoms with Gasteiger partial charge < -0.3 is 4.90 Å². The second-order valence-electron chi connectivity index (χ2n) is 4.25. The predicted molar refractivity (Wildman–Crippen MR) is 79.7 cm³/mol. The Morgan fingerprint density at radius 3 is 3.05 bits per heavy atom. The van der Waals surface area contributed by atoms with Crippen molar-refractivity contribution in [3.05, 3.63) is 39.7 Å². The van der Waals surface area contributed by atoms with Crippen LogP contribution in [-0.4, -0.2) is 29.3 Å². The molecule has 3 aromatic heterocycles. The Kier molecular flexibility index (Phi) is 3.35. The fourth-order valence-electron chi connectivity index (χ4n) is 2.02. The number of likely N-dealkylation sites (N-methyl/N-ethyl adjacent to an activating group) is 1. The lowest BCUT2D eigenvalue weighted by atomic mass is 10.3. The Morgan fingerprint density at radius 2 is 2.32 bits per heavy atom. The first-order valence-corrected chi connectivity index (χ1v) is 7.70. The van der Waals surface area contributed by atoms with Crippen LogP contribution in [0.1, 0.15) is 15.4 Å². The molecule has 19 heavy (non-hydrogen) atoms. The minimum absolute atomic E-state index is 0.630. The first-order valence-electron chi connectivity index (χ1n) is 5.94. The number of carbonyl (C=O) groups excluding carboxylic acids is 1. The van der Waals surface area contributed by atoms with Gasteiger partial charge in [0.05, 0.1) is 0 Å². The summed E-state index contributed by atoms with van der Waals surface area (Å²) >= 11 is 3.30. The Morgan fingerprint density at radius 1 is 1.42 bits per heavy atom. The number of rotatable bonds is 5. The first-order chi connectivity index (χ1) is 9.29. The van der Waals surface area contributed by atoms with E-state index < -0.39 is 0 Å². The van der Waals surface area contributed by atoms with Gasteiger partial charge in [-0.05, 0) is 17.9 Å². The summed E-state index contributed by atoms with van der Waals surface area (Å²) in [4.78, 5) is 20.0. The van der Waals surface area contributed by atoms with E-state index in [-0.39, 0.29) is 0 Å². The number of thiophene rings is 1. The van der Waals surface area contributed by atoms with E-state index >= 15 is 0 Å². The number of nitrogens with zero attached hydrogens (tertiary/aromatic N) is 3. The molecular formula is C13H13N3OS2. The highest BCUT2D eigenvalue weighted by Crippen LogP contribution is 2.23. The number of thiazole rings is 1. The molecule has 0 aliphatic carbocycles. The Labute approximate surface area is 118 Å². The van der Waals surface area contributed by atoms with Crippen molar-refractivity contribution < 1.29 is 4.79 Å². The van der Waals surface area contributed by atoms with Gasteiger partial charge in [-0.2, -0.15) is 0 Å². The lowest BCUT2D eigenvalue weighted by Gasteiger charge is -2.16. The molecule has 0 unspecified atom stereocenters. The van der Waals surface area contributed by atoms with Crippen molar-refractivity contribution >= 4 is 39.7 Å². The van der Waals surface area contributed by atoms with E-state index in [4.69, 9.17) is 0 Å². The normalized spacial score (nSPS) is 11.0. The standard InChI is InChI=1S/C13H13N3OS2/c1-15(5-4-10-3-2-7-18-10)12-11(9-17)16-6-8-19-13(16)14-12/h2-3,6-9H,4-5H2,1H3. The van der Waals surface area contributed by atoms with E-state index in [1.165, 1.54) is 16.2 Å². The van der Waals surface area contributed by atoms with Crippen LogP contribution >= 0.6 is 22.7 Å². The van der Waals surface area contributed by atoms with Crippen LogP contribution in [0.25, 0.3) is 4.96 Å². The second kappa shape index (κ2) is 5.14. The number of aldehydes is 1. The molecule has 0 aromatic carbocycles. The number of fused-ring (bicyclic) bond motifs is 1. The average Bonchev–Trinajstić information content (AvgIpc) is 3.11. The summed E-state index contributed by atoms with van der Waals surface area (Å²) in [6.07, 6.45) is 3.73. The molecule has 0 amide bonds. The highest BCUT2D eigenvalue weighted by molar-refractivity contribution is 7.15. The predicted octanol–water partition coefficient (Wildman–Crippen LogP) is 2.95. The maximum absolute atomic E-state index is 11.3. The third-order valence-corrected chi connectivity index (χ3v) is 4.72. The molecule has 6 heteroatoms. The van der Waals surface area contributed by atoms with Crippen LogP contribution < -0.4 is 4.90 Å². The molecule has 0 radical (unpaired) electrons. The quantitative estimate of drug-likeness (QED) is 0.678. The molecule has 3 heterocycles. The van der Waals surface area contributed by atoms with Crippen molar-refractivity contribution in [1.29, 1.82) is 0 Å². The zero-order valence-electron chi connectivity index (χ0n) is 10.4. The van der Waals surface area contributed by atoms with E-state index in [0.717, 1.165) is 30.0 Å². The SMILES string of the molecule is CN(CCc1cccs1)c1nc2sccn2c1C=O. The van der Waals surface area contributed by atoms with Crippen LogP contribution in [0.3, 0.4) is 0 Å². The summed E-state index contributed by atoms with van der Waals surface area (Å²) in [5.74, 6) is 0.762. The molecule has 0 aliphatic heterocycles. The van der Waals surface area contributed by atoms with Crippen molar-refractivity contribution in [1.82, 2.24) is 9.38 Å². The first kappa shape index (κ1) is 12.4. The monoisotopic (exact) mass is 291 g/mol. The highest BCUT2D eigenvalue weighted by Gasteiger charge is 2.15. The number of hydrogen-bond acceptors (Lipinski definition) is 5. The van der Waals surface area contributed by atoms with Crippen LogP contribution in [0.2, 0.25) is 0 Å². The van der Waals surface area contributed by atoms with Crippen molar-refractivity contribution in [3.8, 4) is 0 Å². The van der Waals surface area contributed by atoms with Gasteiger partial charge in [-0.25, -0.2) is 4.98 Å². The topological polar surface area (TPSA) is 37.6 Å². The fraction of sp³-hybridized carbons (Fsp3) is 0.231. The maximum atomic E-state index is 11.3. The van der Waals surface area contributed by atoms with E-state index in [2.05, 4.69) is 22.5 Å². The van der Waals surface area contributed by atoms with Gasteiger partial charge in [0.15, 0.2) is 17.1 Å². The molecule has 98 valence electrons. The third-order valence-electron chi connectivity index (χ3n) is 3.03. The van der Waals surface area contributed by atoms with Gasteiger partial charge in [-0.3, -0.25) is 9.20 Å². The molecular weight excluding hydrogens is 278 g/mol. The molecule has 0 spiro atoms. The molecule has 0 atom stereocenters. The number of hydrogen-bond donors (Lipinski definition) is 0. The molecule has 0 saturated heterocycles. The van der Waals surface area contributed by atoms with Crippen LogP contribution in [0.4, 0.5) is 5.82 Å². The Bertz CT molecular complexity index is 684. The van der Waals surface area contributed by atoms with E-state index in [1.807, 2.05) is 27.9 Å². The van der Waals surface area contributed by atoms with Gasteiger partial charge in [0.2, 0.25) is 0 Å². The summed E-state index contributed by atoms with van der Waals surface area (Å²) < 4.78 is 1.84. The number of imidazole rings is 1. The van der Waals surface area contributed by atoms with Gasteiger partial charge >= 0.3 is 0 Å². The third kappa shape index (κ3) is 2.29. The zero-order chi connectivity index (χ0) is 13.2. The molecule has 4 nitrogen and oxygen atoms in total. The van der Waals surface area contributed by atoms with Crippen molar-refractivity contribution in [2.24, 2.45) is 0 Å². The van der Waals surface area contributed by atoms with Crippen molar-refractivity contribution in [3.63, 3.8) is 0 Å². The Hall–Kier alpha value is -1.66. The number of carbonyl (C=O) groups is 1. The highest BCUT2D eigenvalue weighted by atomic mass is 32.1. The van der Waals surface area contributed by atoms with Gasteiger partial charge in [-0.15, -0.1) is 22.7 Å². The van der Waals surface area contributed by atoms with Crippen molar-refractivity contribution in [2.75, 3.05) is 18.5 Å². The summed E-state index contributed by atoms with van der Waals surface area (Å²) in [5.41, 5.74) is 0.630. The second-order valence-corrected chi connectivity index (χ2v) is 6.15. The smallest absolute Gasteiger partial charge is 0.196 e. The minimum Gasteiger partial charge on any atom is -0.357 e. The Balaban J connectivity index is 1.82. The molecule has 0 fully saturated rings. The largest absolute Gasteiger partial charge is 0.357 e. The van der Waals surface area contributed by atoms with Crippen LogP contribution in [0.5, 0.6) is 0 Å². The van der Waals surface area contributed by atoms with Crippen molar-refractivity contribution in [2.45, 2.75) is 6.42 Å². The van der Waals surface area contributed by atoms with Gasteiger partial charge in [0.1, 0.15) is 5.69 Å². The number of aromatic nitrogens is 2. The molecule has 3 aromatic rings.